The van der Waals surface area contributed by atoms with Crippen LogP contribution < -0.4 is 10.1 Å². The molecule has 12 heteroatoms. The van der Waals surface area contributed by atoms with Gasteiger partial charge in [0.15, 0.2) is 0 Å². The van der Waals surface area contributed by atoms with Gasteiger partial charge in [-0.25, -0.2) is 0 Å². The van der Waals surface area contributed by atoms with Crippen LogP contribution in [0.3, 0.4) is 0 Å². The predicted octanol–water partition coefficient (Wildman–Crippen LogP) is 5.54. The first-order valence-electron chi connectivity index (χ1n) is 9.08. The van der Waals surface area contributed by atoms with Crippen molar-refractivity contribution >= 4 is 29.2 Å². The maximum atomic E-state index is 12.4. The first-order valence-corrected chi connectivity index (χ1v) is 9.84. The minimum absolute atomic E-state index is 0.280. The molecular weight excluding hydrogens is 468 g/mol. The summed E-state index contributed by atoms with van der Waals surface area (Å²) < 4.78 is 42.5. The summed E-state index contributed by atoms with van der Waals surface area (Å²) in [6.45, 7) is 0.280. The molecule has 4 aromatic rings. The van der Waals surface area contributed by atoms with Crippen LogP contribution in [-0.2, 0) is 6.54 Å². The molecule has 0 saturated carbocycles. The largest absolute Gasteiger partial charge is 0.573 e. The summed E-state index contributed by atoms with van der Waals surface area (Å²) in [5, 5.41) is 15.4. The molecular formula is C20H13Cl2F3N6O. The zero-order valence-electron chi connectivity index (χ0n) is 16.0. The Hall–Kier alpha value is -3.37. The predicted molar refractivity (Wildman–Crippen MR) is 113 cm³/mol. The number of pyridine rings is 1. The molecule has 0 unspecified atom stereocenters. The molecule has 0 radical (unpaired) electrons. The highest BCUT2D eigenvalue weighted by atomic mass is 35.5. The molecule has 0 fully saturated rings. The number of hydrogen-bond acceptors (Lipinski definition) is 6. The van der Waals surface area contributed by atoms with Crippen LogP contribution in [0.4, 0.5) is 19.1 Å². The summed E-state index contributed by atoms with van der Waals surface area (Å²) in [6, 6.07) is 14.1. The van der Waals surface area contributed by atoms with Gasteiger partial charge in [0.25, 0.3) is 0 Å². The number of nitrogens with zero attached hydrogens (tertiary/aromatic N) is 5. The summed E-state index contributed by atoms with van der Waals surface area (Å²) in [5.74, 6) is 0.00678. The van der Waals surface area contributed by atoms with Gasteiger partial charge in [-0.2, -0.15) is 4.68 Å². The maximum Gasteiger partial charge on any atom is 0.573 e. The van der Waals surface area contributed by atoms with E-state index in [4.69, 9.17) is 23.2 Å². The topological polar surface area (TPSA) is 77.8 Å². The Morgan fingerprint density at radius 2 is 1.78 bits per heavy atom. The molecule has 0 aliphatic heterocycles. The van der Waals surface area contributed by atoms with Crippen molar-refractivity contribution in [1.29, 1.82) is 0 Å². The summed E-state index contributed by atoms with van der Waals surface area (Å²) >= 11 is 12.3. The minimum atomic E-state index is -4.75. The highest BCUT2D eigenvalue weighted by molar-refractivity contribution is 6.43. The number of hydrogen-bond donors (Lipinski definition) is 1. The van der Waals surface area contributed by atoms with Crippen LogP contribution in [0.2, 0.25) is 10.0 Å². The fourth-order valence-corrected chi connectivity index (χ4v) is 3.32. The molecule has 0 atom stereocenters. The maximum absolute atomic E-state index is 12.4. The SMILES string of the molecule is FC(F)(F)Oc1ccc(-c2ncccc2CNc2nnnn2-c2cccc(Cl)c2Cl)cc1. The van der Waals surface area contributed by atoms with Gasteiger partial charge < -0.3 is 10.1 Å². The van der Waals surface area contributed by atoms with Crippen LogP contribution in [0, 0.1) is 0 Å². The average molecular weight is 481 g/mol. The van der Waals surface area contributed by atoms with Gasteiger partial charge in [0, 0.05) is 18.3 Å². The van der Waals surface area contributed by atoms with Crippen molar-refractivity contribution in [3.05, 3.63) is 76.4 Å². The second-order valence-corrected chi connectivity index (χ2v) is 7.21. The van der Waals surface area contributed by atoms with E-state index < -0.39 is 6.36 Å². The number of halogens is 5. The van der Waals surface area contributed by atoms with Crippen molar-refractivity contribution in [3.63, 3.8) is 0 Å². The van der Waals surface area contributed by atoms with E-state index in [2.05, 4.69) is 30.6 Å². The van der Waals surface area contributed by atoms with E-state index in [1.165, 1.54) is 28.9 Å². The lowest BCUT2D eigenvalue weighted by molar-refractivity contribution is -0.274. The molecule has 0 spiro atoms. The normalized spacial score (nSPS) is 11.4. The lowest BCUT2D eigenvalue weighted by Gasteiger charge is -2.12. The van der Waals surface area contributed by atoms with E-state index >= 15 is 0 Å². The molecule has 0 amide bonds. The Labute approximate surface area is 189 Å². The first-order chi connectivity index (χ1) is 15.3. The fourth-order valence-electron chi connectivity index (χ4n) is 2.95. The standard InChI is InChI=1S/C20H13Cl2F3N6O/c21-15-4-1-5-16(17(15)22)31-19(28-29-30-31)27-11-13-3-2-10-26-18(13)12-6-8-14(9-7-12)32-20(23,24)25/h1-10H,11H2,(H,27,28,30). The lowest BCUT2D eigenvalue weighted by Crippen LogP contribution is -2.16. The second-order valence-electron chi connectivity index (χ2n) is 6.42. The first kappa shape index (κ1) is 21.8. The number of alkyl halides is 3. The number of nitrogens with one attached hydrogen (secondary N) is 1. The van der Waals surface area contributed by atoms with E-state index in [1.807, 2.05) is 6.07 Å². The Kier molecular flexibility index (Phi) is 6.15. The number of anilines is 1. The van der Waals surface area contributed by atoms with Crippen LogP contribution >= 0.6 is 23.2 Å². The fraction of sp³-hybridized carbons (Fsp3) is 0.100. The van der Waals surface area contributed by atoms with Crippen molar-refractivity contribution in [2.45, 2.75) is 12.9 Å². The molecule has 32 heavy (non-hydrogen) atoms. The highest BCUT2D eigenvalue weighted by Crippen LogP contribution is 2.30. The summed E-state index contributed by atoms with van der Waals surface area (Å²) in [7, 11) is 0. The molecule has 0 aliphatic rings. The van der Waals surface area contributed by atoms with E-state index in [-0.39, 0.29) is 12.3 Å². The molecule has 2 aromatic carbocycles. The summed E-state index contributed by atoms with van der Waals surface area (Å²) in [4.78, 5) is 4.36. The van der Waals surface area contributed by atoms with Crippen molar-refractivity contribution in [1.82, 2.24) is 25.2 Å². The minimum Gasteiger partial charge on any atom is -0.406 e. The van der Waals surface area contributed by atoms with Gasteiger partial charge in [0.2, 0.25) is 5.95 Å². The number of tetrazole rings is 1. The highest BCUT2D eigenvalue weighted by Gasteiger charge is 2.31. The third kappa shape index (κ3) is 4.92. The van der Waals surface area contributed by atoms with Gasteiger partial charge in [-0.05, 0) is 58.5 Å². The van der Waals surface area contributed by atoms with Crippen molar-refractivity contribution < 1.29 is 17.9 Å². The zero-order chi connectivity index (χ0) is 22.7. The molecule has 0 aliphatic carbocycles. The van der Waals surface area contributed by atoms with Crippen molar-refractivity contribution in [3.8, 4) is 22.7 Å². The van der Waals surface area contributed by atoms with Crippen LogP contribution in [0.1, 0.15) is 5.56 Å². The van der Waals surface area contributed by atoms with Gasteiger partial charge in [0.1, 0.15) is 5.75 Å². The molecule has 2 heterocycles. The number of ether oxygens (including phenoxy) is 1. The van der Waals surface area contributed by atoms with E-state index in [0.717, 1.165) is 5.56 Å². The monoisotopic (exact) mass is 480 g/mol. The van der Waals surface area contributed by atoms with Gasteiger partial charge >= 0.3 is 6.36 Å². The lowest BCUT2D eigenvalue weighted by atomic mass is 10.1. The molecule has 7 nitrogen and oxygen atoms in total. The van der Waals surface area contributed by atoms with Gasteiger partial charge in [-0.1, -0.05) is 40.4 Å². The Balaban J connectivity index is 1.56. The van der Waals surface area contributed by atoms with Crippen molar-refractivity contribution in [2.24, 2.45) is 0 Å². The van der Waals surface area contributed by atoms with Crippen molar-refractivity contribution in [2.75, 3.05) is 5.32 Å². The van der Waals surface area contributed by atoms with Crippen LogP contribution in [0.5, 0.6) is 5.75 Å². The quantitative estimate of drug-likeness (QED) is 0.390. The Bertz CT molecular complexity index is 1230. The van der Waals surface area contributed by atoms with E-state index in [1.54, 1.807) is 30.5 Å². The van der Waals surface area contributed by atoms with Crippen LogP contribution in [0.25, 0.3) is 16.9 Å². The average Bonchev–Trinajstić information content (AvgIpc) is 3.22. The molecule has 4 rings (SSSR count). The molecule has 164 valence electrons. The Morgan fingerprint density at radius 3 is 2.53 bits per heavy atom. The van der Waals surface area contributed by atoms with E-state index in [9.17, 15) is 13.2 Å². The smallest absolute Gasteiger partial charge is 0.406 e. The van der Waals surface area contributed by atoms with Gasteiger partial charge in [-0.15, -0.1) is 13.2 Å². The number of benzene rings is 2. The number of rotatable bonds is 6. The third-order valence-corrected chi connectivity index (χ3v) is 5.13. The van der Waals surface area contributed by atoms with E-state index in [0.29, 0.717) is 32.9 Å². The second kappa shape index (κ2) is 9.01. The van der Waals surface area contributed by atoms with Gasteiger partial charge in [0.05, 0.1) is 21.4 Å². The summed E-state index contributed by atoms with van der Waals surface area (Å²) in [6.07, 6.45) is -3.16. The van der Waals surface area contributed by atoms with Gasteiger partial charge in [-0.3, -0.25) is 4.98 Å². The van der Waals surface area contributed by atoms with Crippen LogP contribution in [0.15, 0.2) is 60.8 Å². The zero-order valence-corrected chi connectivity index (χ0v) is 17.5. The third-order valence-electron chi connectivity index (χ3n) is 4.32. The molecule has 0 bridgehead atoms. The number of aromatic nitrogens is 5. The van der Waals surface area contributed by atoms with Crippen LogP contribution in [-0.4, -0.2) is 31.6 Å². The summed E-state index contributed by atoms with van der Waals surface area (Å²) in [5.41, 5.74) is 2.47. The Morgan fingerprint density at radius 1 is 1.00 bits per heavy atom. The molecule has 0 saturated heterocycles. The molecule has 1 N–H and O–H groups in total. The molecule has 2 aromatic heterocycles.